The second-order valence-electron chi connectivity index (χ2n) is 5.59. The number of carbonyl (C=O) groups is 1. The number of nitrogens with one attached hydrogen (secondary N) is 1. The van der Waals surface area contributed by atoms with Gasteiger partial charge in [-0.2, -0.15) is 0 Å². The molecular weight excluding hydrogens is 306 g/mol. The largest absolute Gasteiger partial charge is 0.321 e. The summed E-state index contributed by atoms with van der Waals surface area (Å²) >= 11 is 0. The fraction of sp³-hybridized carbons (Fsp3) is 0.111. The van der Waals surface area contributed by atoms with Crippen LogP contribution in [0.25, 0.3) is 10.9 Å². The Kier molecular flexibility index (Phi) is 3.95. The van der Waals surface area contributed by atoms with Crippen molar-refractivity contribution in [2.75, 3.05) is 5.32 Å². The Morgan fingerprint density at radius 1 is 1.12 bits per heavy atom. The van der Waals surface area contributed by atoms with Crippen molar-refractivity contribution < 1.29 is 9.72 Å². The number of nitro benzene ring substituents is 1. The van der Waals surface area contributed by atoms with Crippen molar-refractivity contribution in [3.05, 3.63) is 75.5 Å². The lowest BCUT2D eigenvalue weighted by atomic mass is 10.1. The molecule has 1 N–H and O–H groups in total. The van der Waals surface area contributed by atoms with Gasteiger partial charge in [-0.3, -0.25) is 19.9 Å². The predicted octanol–water partition coefficient (Wildman–Crippen LogP) is 4.01. The predicted molar refractivity (Wildman–Crippen MR) is 92.3 cm³/mol. The Labute approximate surface area is 138 Å². The molecule has 2 aromatic carbocycles. The van der Waals surface area contributed by atoms with Gasteiger partial charge in [0.1, 0.15) is 0 Å². The first-order chi connectivity index (χ1) is 11.5. The Morgan fingerprint density at radius 2 is 1.83 bits per heavy atom. The highest BCUT2D eigenvalue weighted by atomic mass is 16.6. The number of fused-ring (bicyclic) bond motifs is 1. The number of nitrogens with zero attached hydrogens (tertiary/aromatic N) is 2. The molecule has 6 heteroatoms. The van der Waals surface area contributed by atoms with Crippen LogP contribution in [-0.4, -0.2) is 15.8 Å². The zero-order valence-corrected chi connectivity index (χ0v) is 13.2. The lowest BCUT2D eigenvalue weighted by Gasteiger charge is -2.10. The van der Waals surface area contributed by atoms with Gasteiger partial charge in [0.15, 0.2) is 0 Å². The summed E-state index contributed by atoms with van der Waals surface area (Å²) in [6, 6.07) is 11.3. The molecule has 0 aliphatic rings. The Hall–Kier alpha value is -3.28. The summed E-state index contributed by atoms with van der Waals surface area (Å²) in [5.41, 5.74) is 3.93. The van der Waals surface area contributed by atoms with Crippen molar-refractivity contribution in [2.45, 2.75) is 13.8 Å². The molecule has 0 saturated heterocycles. The van der Waals surface area contributed by atoms with E-state index in [0.29, 0.717) is 11.3 Å². The third kappa shape index (κ3) is 2.94. The Bertz CT molecular complexity index is 950. The van der Waals surface area contributed by atoms with Crippen LogP contribution in [0.5, 0.6) is 0 Å². The number of benzene rings is 2. The van der Waals surface area contributed by atoms with Crippen molar-refractivity contribution in [2.24, 2.45) is 0 Å². The average molecular weight is 321 g/mol. The molecule has 0 unspecified atom stereocenters. The molecule has 6 nitrogen and oxygen atoms in total. The van der Waals surface area contributed by atoms with E-state index in [4.69, 9.17) is 0 Å². The molecule has 1 aromatic heterocycles. The first-order valence-electron chi connectivity index (χ1n) is 7.37. The number of pyridine rings is 1. The molecule has 3 rings (SSSR count). The maximum absolute atomic E-state index is 12.4. The molecule has 1 amide bonds. The molecule has 24 heavy (non-hydrogen) atoms. The van der Waals surface area contributed by atoms with Gasteiger partial charge < -0.3 is 5.32 Å². The van der Waals surface area contributed by atoms with Gasteiger partial charge in [-0.05, 0) is 43.7 Å². The highest BCUT2D eigenvalue weighted by Crippen LogP contribution is 2.26. The summed E-state index contributed by atoms with van der Waals surface area (Å²) in [5.74, 6) is -0.323. The third-order valence-corrected chi connectivity index (χ3v) is 3.77. The summed E-state index contributed by atoms with van der Waals surface area (Å²) in [6.45, 7) is 3.96. The fourth-order valence-corrected chi connectivity index (χ4v) is 2.65. The minimum atomic E-state index is -0.496. The van der Waals surface area contributed by atoms with Gasteiger partial charge >= 0.3 is 0 Å². The second kappa shape index (κ2) is 6.08. The van der Waals surface area contributed by atoms with Gasteiger partial charge in [0, 0.05) is 29.3 Å². The van der Waals surface area contributed by atoms with E-state index >= 15 is 0 Å². The number of aromatic nitrogens is 1. The maximum atomic E-state index is 12.4. The van der Waals surface area contributed by atoms with Crippen LogP contribution in [0.4, 0.5) is 11.4 Å². The van der Waals surface area contributed by atoms with E-state index in [-0.39, 0.29) is 11.6 Å². The van der Waals surface area contributed by atoms with Crippen LogP contribution < -0.4 is 5.32 Å². The van der Waals surface area contributed by atoms with E-state index in [9.17, 15) is 14.9 Å². The van der Waals surface area contributed by atoms with Crippen molar-refractivity contribution in [1.82, 2.24) is 4.98 Å². The lowest BCUT2D eigenvalue weighted by molar-refractivity contribution is -0.384. The monoisotopic (exact) mass is 321 g/mol. The van der Waals surface area contributed by atoms with Gasteiger partial charge in [0.2, 0.25) is 0 Å². The van der Waals surface area contributed by atoms with Crippen LogP contribution in [0.15, 0.2) is 48.7 Å². The minimum Gasteiger partial charge on any atom is -0.321 e. The number of amides is 1. The van der Waals surface area contributed by atoms with Crippen molar-refractivity contribution in [3.63, 3.8) is 0 Å². The first-order valence-corrected chi connectivity index (χ1v) is 7.37. The number of anilines is 1. The molecule has 0 radical (unpaired) electrons. The van der Waals surface area contributed by atoms with Crippen LogP contribution in [0.2, 0.25) is 0 Å². The topological polar surface area (TPSA) is 85.1 Å². The smallest absolute Gasteiger partial charge is 0.269 e. The van der Waals surface area contributed by atoms with E-state index in [0.717, 1.165) is 22.0 Å². The first kappa shape index (κ1) is 15.6. The molecule has 0 bridgehead atoms. The molecule has 0 aliphatic carbocycles. The number of rotatable bonds is 3. The third-order valence-electron chi connectivity index (χ3n) is 3.77. The number of nitro groups is 1. The van der Waals surface area contributed by atoms with Crippen LogP contribution >= 0.6 is 0 Å². The number of carbonyl (C=O) groups excluding carboxylic acids is 1. The van der Waals surface area contributed by atoms with Gasteiger partial charge in [-0.15, -0.1) is 0 Å². The molecular formula is C18H15N3O3. The Morgan fingerprint density at radius 3 is 2.50 bits per heavy atom. The van der Waals surface area contributed by atoms with Gasteiger partial charge in [0.05, 0.1) is 16.1 Å². The van der Waals surface area contributed by atoms with E-state index in [2.05, 4.69) is 10.3 Å². The summed E-state index contributed by atoms with van der Waals surface area (Å²) in [4.78, 5) is 27.0. The van der Waals surface area contributed by atoms with Crippen molar-refractivity contribution >= 4 is 28.2 Å². The molecule has 1 heterocycles. The molecule has 0 fully saturated rings. The van der Waals surface area contributed by atoms with E-state index in [1.165, 1.54) is 24.3 Å². The van der Waals surface area contributed by atoms with E-state index < -0.39 is 4.92 Å². The molecule has 0 aliphatic heterocycles. The number of hydrogen-bond acceptors (Lipinski definition) is 4. The second-order valence-corrected chi connectivity index (χ2v) is 5.59. The Balaban J connectivity index is 1.94. The zero-order chi connectivity index (χ0) is 17.3. The summed E-state index contributed by atoms with van der Waals surface area (Å²) in [7, 11) is 0. The van der Waals surface area contributed by atoms with Crippen LogP contribution in [0.1, 0.15) is 21.5 Å². The summed E-state index contributed by atoms with van der Waals surface area (Å²) in [5, 5.41) is 14.4. The van der Waals surface area contributed by atoms with Crippen LogP contribution in [0, 0.1) is 24.0 Å². The summed E-state index contributed by atoms with van der Waals surface area (Å²) in [6.07, 6.45) is 1.65. The van der Waals surface area contributed by atoms with Gasteiger partial charge in [-0.25, -0.2) is 0 Å². The molecule has 3 aromatic rings. The number of hydrogen-bond donors (Lipinski definition) is 1. The lowest BCUT2D eigenvalue weighted by Crippen LogP contribution is -2.12. The minimum absolute atomic E-state index is 0.0489. The van der Waals surface area contributed by atoms with Gasteiger partial charge in [-0.1, -0.05) is 11.6 Å². The number of non-ortho nitro benzene ring substituents is 1. The average Bonchev–Trinajstić information content (AvgIpc) is 2.55. The van der Waals surface area contributed by atoms with Crippen molar-refractivity contribution in [3.8, 4) is 0 Å². The zero-order valence-electron chi connectivity index (χ0n) is 13.2. The highest BCUT2D eigenvalue weighted by Gasteiger charge is 2.12. The number of aryl methyl sites for hydroxylation is 2. The van der Waals surface area contributed by atoms with E-state index in [1.807, 2.05) is 26.0 Å². The molecule has 120 valence electrons. The SMILES string of the molecule is Cc1cc(C)c2nccc(NC(=O)c3ccc([N+](=O)[O-])cc3)c2c1. The highest BCUT2D eigenvalue weighted by molar-refractivity contribution is 6.09. The van der Waals surface area contributed by atoms with Crippen molar-refractivity contribution in [1.29, 1.82) is 0 Å². The quantitative estimate of drug-likeness (QED) is 0.583. The van der Waals surface area contributed by atoms with E-state index in [1.54, 1.807) is 12.3 Å². The molecule has 0 atom stereocenters. The molecule has 0 spiro atoms. The maximum Gasteiger partial charge on any atom is 0.269 e. The van der Waals surface area contributed by atoms with Crippen LogP contribution in [-0.2, 0) is 0 Å². The molecule has 0 saturated carbocycles. The van der Waals surface area contributed by atoms with Crippen LogP contribution in [0.3, 0.4) is 0 Å². The fourth-order valence-electron chi connectivity index (χ4n) is 2.65. The summed E-state index contributed by atoms with van der Waals surface area (Å²) < 4.78 is 0. The normalized spacial score (nSPS) is 10.6. The van der Waals surface area contributed by atoms with Gasteiger partial charge in [0.25, 0.3) is 11.6 Å². The standard InChI is InChI=1S/C18H15N3O3/c1-11-9-12(2)17-15(10-11)16(7-8-19-17)20-18(22)13-3-5-14(6-4-13)21(23)24/h3-10H,1-2H3,(H,19,20,22).